The number of para-hydroxylation sites is 1. The maximum absolute atomic E-state index is 11.9. The normalized spacial score (nSPS) is 10.7. The molecule has 1 N–H and O–H groups in total. The highest BCUT2D eigenvalue weighted by atomic mass is 16.3. The lowest BCUT2D eigenvalue weighted by Crippen LogP contribution is -1.94. The molecule has 18 heavy (non-hydrogen) atoms. The molecule has 0 aliphatic rings. The molecule has 0 unspecified atom stereocenters. The number of benzene rings is 2. The van der Waals surface area contributed by atoms with Crippen LogP contribution in [0.4, 0.5) is 0 Å². The van der Waals surface area contributed by atoms with Crippen LogP contribution in [0.5, 0.6) is 5.75 Å². The number of carbonyl (C=O) groups excluding carboxylic acids is 1. The third-order valence-electron chi connectivity index (χ3n) is 2.65. The molecule has 0 spiro atoms. The van der Waals surface area contributed by atoms with Crippen molar-refractivity contribution in [2.45, 2.75) is 6.92 Å². The second-order valence-electron chi connectivity index (χ2n) is 4.13. The van der Waals surface area contributed by atoms with Crippen LogP contribution in [-0.4, -0.2) is 10.9 Å². The van der Waals surface area contributed by atoms with Gasteiger partial charge in [0.05, 0.1) is 0 Å². The smallest absolute Gasteiger partial charge is 0.185 e. The van der Waals surface area contributed by atoms with Crippen LogP contribution in [0, 0.1) is 6.92 Å². The van der Waals surface area contributed by atoms with Crippen LogP contribution in [0.2, 0.25) is 0 Å². The van der Waals surface area contributed by atoms with E-state index < -0.39 is 0 Å². The molecule has 0 amide bonds. The van der Waals surface area contributed by atoms with E-state index in [4.69, 9.17) is 0 Å². The largest absolute Gasteiger partial charge is 0.507 e. The molecule has 90 valence electrons. The zero-order valence-electron chi connectivity index (χ0n) is 10.1. The summed E-state index contributed by atoms with van der Waals surface area (Å²) in [6.45, 7) is 1.95. The molecule has 0 radical (unpaired) electrons. The van der Waals surface area contributed by atoms with Crippen LogP contribution in [-0.2, 0) is 0 Å². The lowest BCUT2D eigenvalue weighted by Gasteiger charge is -1.99. The van der Waals surface area contributed by atoms with E-state index in [0.717, 1.165) is 5.56 Å². The van der Waals surface area contributed by atoms with Crippen molar-refractivity contribution in [2.24, 2.45) is 0 Å². The molecule has 0 aliphatic heterocycles. The van der Waals surface area contributed by atoms with E-state index in [1.54, 1.807) is 30.3 Å². The van der Waals surface area contributed by atoms with Crippen molar-refractivity contribution in [3.05, 3.63) is 71.3 Å². The summed E-state index contributed by atoms with van der Waals surface area (Å²) in [5.74, 6) is 0.104. The molecule has 2 heteroatoms. The van der Waals surface area contributed by atoms with Gasteiger partial charge in [-0.1, -0.05) is 42.0 Å². The first-order valence-corrected chi connectivity index (χ1v) is 5.74. The number of aromatic hydroxyl groups is 1. The van der Waals surface area contributed by atoms with Gasteiger partial charge in [0.2, 0.25) is 0 Å². The van der Waals surface area contributed by atoms with Gasteiger partial charge < -0.3 is 5.11 Å². The van der Waals surface area contributed by atoms with Crippen molar-refractivity contribution in [1.82, 2.24) is 0 Å². The fraction of sp³-hybridized carbons (Fsp3) is 0.0625. The quantitative estimate of drug-likeness (QED) is 0.655. The topological polar surface area (TPSA) is 37.3 Å². The van der Waals surface area contributed by atoms with Crippen molar-refractivity contribution in [2.75, 3.05) is 0 Å². The Balaban J connectivity index is 2.20. The summed E-state index contributed by atoms with van der Waals surface area (Å²) in [5.41, 5.74) is 2.34. The van der Waals surface area contributed by atoms with Crippen molar-refractivity contribution in [1.29, 1.82) is 0 Å². The molecule has 0 heterocycles. The summed E-state index contributed by atoms with van der Waals surface area (Å²) in [5, 5.41) is 9.58. The predicted octanol–water partition coefficient (Wildman–Crippen LogP) is 3.60. The number of rotatable bonds is 3. The van der Waals surface area contributed by atoms with E-state index in [1.165, 1.54) is 6.08 Å². The number of phenols is 1. The summed E-state index contributed by atoms with van der Waals surface area (Å²) in [7, 11) is 0. The van der Waals surface area contributed by atoms with E-state index >= 15 is 0 Å². The van der Waals surface area contributed by atoms with Gasteiger partial charge in [0.15, 0.2) is 5.78 Å². The molecule has 0 fully saturated rings. The van der Waals surface area contributed by atoms with Crippen molar-refractivity contribution < 1.29 is 9.90 Å². The van der Waals surface area contributed by atoms with Crippen molar-refractivity contribution in [3.63, 3.8) is 0 Å². The minimum atomic E-state index is -0.0676. The highest BCUT2D eigenvalue weighted by Crippen LogP contribution is 2.17. The SMILES string of the molecule is Cc1cccc(C(=O)C=Cc2ccccc2O)c1. The lowest BCUT2D eigenvalue weighted by molar-refractivity contribution is 0.104. The molecule has 0 bridgehead atoms. The average molecular weight is 238 g/mol. The van der Waals surface area contributed by atoms with Gasteiger partial charge >= 0.3 is 0 Å². The molecular formula is C16H14O2. The number of hydrogen-bond donors (Lipinski definition) is 1. The lowest BCUT2D eigenvalue weighted by atomic mass is 10.1. The molecule has 0 aliphatic carbocycles. The first-order valence-electron chi connectivity index (χ1n) is 5.74. The molecule has 0 saturated heterocycles. The summed E-state index contributed by atoms with van der Waals surface area (Å²) in [6.07, 6.45) is 3.10. The van der Waals surface area contributed by atoms with E-state index in [0.29, 0.717) is 11.1 Å². The Morgan fingerprint density at radius 2 is 1.89 bits per heavy atom. The van der Waals surface area contributed by atoms with Gasteiger partial charge in [-0.05, 0) is 31.2 Å². The fourth-order valence-corrected chi connectivity index (χ4v) is 1.69. The second kappa shape index (κ2) is 5.32. The number of aryl methyl sites for hydroxylation is 1. The fourth-order valence-electron chi connectivity index (χ4n) is 1.69. The summed E-state index contributed by atoms with van der Waals surface area (Å²) in [6, 6.07) is 14.3. The van der Waals surface area contributed by atoms with Crippen LogP contribution >= 0.6 is 0 Å². The van der Waals surface area contributed by atoms with Crippen LogP contribution in [0.3, 0.4) is 0 Å². The Labute approximate surface area is 106 Å². The van der Waals surface area contributed by atoms with Gasteiger partial charge in [-0.2, -0.15) is 0 Å². The number of allylic oxidation sites excluding steroid dienone is 1. The summed E-state index contributed by atoms with van der Waals surface area (Å²) in [4.78, 5) is 11.9. The first-order chi connectivity index (χ1) is 8.66. The van der Waals surface area contributed by atoms with Gasteiger partial charge in [-0.15, -0.1) is 0 Å². The number of hydrogen-bond acceptors (Lipinski definition) is 2. The number of carbonyl (C=O) groups is 1. The number of phenolic OH excluding ortho intramolecular Hbond substituents is 1. The van der Waals surface area contributed by atoms with Crippen LogP contribution < -0.4 is 0 Å². The highest BCUT2D eigenvalue weighted by Gasteiger charge is 2.02. The maximum Gasteiger partial charge on any atom is 0.185 e. The molecule has 0 aromatic heterocycles. The van der Waals surface area contributed by atoms with Gasteiger partial charge in [0, 0.05) is 11.1 Å². The number of ketones is 1. The van der Waals surface area contributed by atoms with Crippen LogP contribution in [0.25, 0.3) is 6.08 Å². The second-order valence-corrected chi connectivity index (χ2v) is 4.13. The van der Waals surface area contributed by atoms with Gasteiger partial charge in [0.25, 0.3) is 0 Å². The first kappa shape index (κ1) is 12.1. The molecular weight excluding hydrogens is 224 g/mol. The standard InChI is InChI=1S/C16H14O2/c1-12-5-4-7-14(11-12)16(18)10-9-13-6-2-3-8-15(13)17/h2-11,17H,1H3. The van der Waals surface area contributed by atoms with Gasteiger partial charge in [-0.3, -0.25) is 4.79 Å². The van der Waals surface area contributed by atoms with Crippen molar-refractivity contribution >= 4 is 11.9 Å². The Hall–Kier alpha value is -2.35. The van der Waals surface area contributed by atoms with Crippen molar-refractivity contribution in [3.8, 4) is 5.75 Å². The molecule has 0 saturated carbocycles. The minimum Gasteiger partial charge on any atom is -0.507 e. The Morgan fingerprint density at radius 1 is 1.11 bits per heavy atom. The Kier molecular flexibility index (Phi) is 3.58. The van der Waals surface area contributed by atoms with Crippen LogP contribution in [0.15, 0.2) is 54.6 Å². The van der Waals surface area contributed by atoms with Gasteiger partial charge in [0.1, 0.15) is 5.75 Å². The summed E-state index contributed by atoms with van der Waals surface area (Å²) < 4.78 is 0. The highest BCUT2D eigenvalue weighted by molar-refractivity contribution is 6.07. The zero-order valence-corrected chi connectivity index (χ0v) is 10.1. The Morgan fingerprint density at radius 3 is 2.61 bits per heavy atom. The third kappa shape index (κ3) is 2.86. The van der Waals surface area contributed by atoms with E-state index in [2.05, 4.69) is 0 Å². The molecule has 2 rings (SSSR count). The molecule has 2 aromatic rings. The van der Waals surface area contributed by atoms with Crippen LogP contribution in [0.1, 0.15) is 21.5 Å². The predicted molar refractivity (Wildman–Crippen MR) is 72.7 cm³/mol. The third-order valence-corrected chi connectivity index (χ3v) is 2.65. The molecule has 0 atom stereocenters. The minimum absolute atomic E-state index is 0.0676. The van der Waals surface area contributed by atoms with E-state index in [-0.39, 0.29) is 11.5 Å². The summed E-state index contributed by atoms with van der Waals surface area (Å²) >= 11 is 0. The van der Waals surface area contributed by atoms with E-state index in [9.17, 15) is 9.90 Å². The van der Waals surface area contributed by atoms with E-state index in [1.807, 2.05) is 31.2 Å². The average Bonchev–Trinajstić information content (AvgIpc) is 2.37. The maximum atomic E-state index is 11.9. The molecule has 2 nitrogen and oxygen atoms in total. The van der Waals surface area contributed by atoms with Gasteiger partial charge in [-0.25, -0.2) is 0 Å². The molecule has 2 aromatic carbocycles. The Bertz CT molecular complexity index is 598. The zero-order chi connectivity index (χ0) is 13.0. The monoisotopic (exact) mass is 238 g/mol.